The molecule has 0 aliphatic carbocycles. The van der Waals surface area contributed by atoms with E-state index in [0.29, 0.717) is 38.3 Å². The Bertz CT molecular complexity index is 2030. The molecule has 6 rings (SSSR count). The van der Waals surface area contributed by atoms with Gasteiger partial charge < -0.3 is 20.4 Å². The van der Waals surface area contributed by atoms with Crippen molar-refractivity contribution < 1.29 is 17.6 Å². The third-order valence-corrected chi connectivity index (χ3v) is 9.44. The third kappa shape index (κ3) is 5.31. The number of carbonyl (C=O) groups excluding carboxylic acids is 1. The fourth-order valence-corrected chi connectivity index (χ4v) is 7.02. The number of hydrogen-bond donors (Lipinski definition) is 1. The average Bonchev–Trinajstić information content (AvgIpc) is 2.98. The Hall–Kier alpha value is -4.76. The van der Waals surface area contributed by atoms with Crippen molar-refractivity contribution in [1.82, 2.24) is 34.3 Å². The lowest BCUT2D eigenvalue weighted by Gasteiger charge is -2.40. The minimum Gasteiger partial charge on any atom is -0.396 e. The first-order chi connectivity index (χ1) is 21.4. The molecule has 0 unspecified atom stereocenters. The van der Waals surface area contributed by atoms with Crippen molar-refractivity contribution in [1.29, 1.82) is 0 Å². The maximum atomic E-state index is 16.0. The Balaban J connectivity index is 1.67. The van der Waals surface area contributed by atoms with Gasteiger partial charge in [0.25, 0.3) is 0 Å². The van der Waals surface area contributed by atoms with E-state index in [1.54, 1.807) is 17.0 Å². The van der Waals surface area contributed by atoms with Crippen molar-refractivity contribution in [3.63, 3.8) is 0 Å². The summed E-state index contributed by atoms with van der Waals surface area (Å²) < 4.78 is 43.5. The van der Waals surface area contributed by atoms with Crippen LogP contribution in [0, 0.1) is 5.82 Å². The molecule has 15 heteroatoms. The van der Waals surface area contributed by atoms with Gasteiger partial charge in [-0.25, -0.2) is 37.1 Å². The number of anilines is 2. The van der Waals surface area contributed by atoms with Crippen LogP contribution in [0.25, 0.3) is 28.1 Å². The summed E-state index contributed by atoms with van der Waals surface area (Å²) in [7, 11) is -1.91. The lowest BCUT2D eigenvalue weighted by atomic mass is 9.90. The zero-order chi connectivity index (χ0) is 32.2. The lowest BCUT2D eigenvalue weighted by Crippen LogP contribution is -2.54. The molecule has 3 aromatic heterocycles. The van der Waals surface area contributed by atoms with Gasteiger partial charge in [-0.1, -0.05) is 18.7 Å². The SMILES string of the molecule is C=CC(=O)N1CCN(c2nc(=O)n(-c3c(C4CN(C)C4)cccc3S(C)(=O)=O)c3nc(-c4ncncc4N)c(F)cc23)[C@@H](C)C1. The van der Waals surface area contributed by atoms with Crippen molar-refractivity contribution in [3.05, 3.63) is 71.3 Å². The first kappa shape index (κ1) is 30.3. The minimum atomic E-state index is -3.85. The monoisotopic (exact) mass is 633 g/mol. The van der Waals surface area contributed by atoms with Crippen LogP contribution in [0.1, 0.15) is 18.4 Å². The second kappa shape index (κ2) is 11.3. The zero-order valence-electron chi connectivity index (χ0n) is 25.0. The number of para-hydroxylation sites is 1. The predicted octanol–water partition coefficient (Wildman–Crippen LogP) is 1.61. The van der Waals surface area contributed by atoms with E-state index in [-0.39, 0.29) is 62.4 Å². The largest absolute Gasteiger partial charge is 0.396 e. The summed E-state index contributed by atoms with van der Waals surface area (Å²) in [6, 6.07) is 5.78. The van der Waals surface area contributed by atoms with Crippen LogP contribution < -0.4 is 16.3 Å². The van der Waals surface area contributed by atoms with Crippen LogP contribution in [0.5, 0.6) is 0 Å². The van der Waals surface area contributed by atoms with E-state index in [4.69, 9.17) is 5.73 Å². The number of rotatable bonds is 6. The van der Waals surface area contributed by atoms with E-state index in [0.717, 1.165) is 10.8 Å². The fourth-order valence-electron chi connectivity index (χ4n) is 6.13. The van der Waals surface area contributed by atoms with Crippen LogP contribution in [0.2, 0.25) is 0 Å². The quantitative estimate of drug-likeness (QED) is 0.307. The van der Waals surface area contributed by atoms with Gasteiger partial charge in [-0.3, -0.25) is 4.79 Å². The maximum Gasteiger partial charge on any atom is 0.355 e. The molecule has 1 atom stereocenters. The van der Waals surface area contributed by atoms with Crippen LogP contribution >= 0.6 is 0 Å². The Morgan fingerprint density at radius 2 is 1.91 bits per heavy atom. The second-order valence-corrected chi connectivity index (χ2v) is 13.5. The summed E-state index contributed by atoms with van der Waals surface area (Å²) in [6.07, 6.45) is 4.84. The summed E-state index contributed by atoms with van der Waals surface area (Å²) in [6.45, 7) is 7.66. The van der Waals surface area contributed by atoms with Crippen LogP contribution in [0.15, 0.2) is 59.1 Å². The maximum absolute atomic E-state index is 16.0. The summed E-state index contributed by atoms with van der Waals surface area (Å²) in [5, 5.41) is 0.179. The van der Waals surface area contributed by atoms with E-state index in [2.05, 4.69) is 31.4 Å². The number of likely N-dealkylation sites (tertiary alicyclic amines) is 1. The van der Waals surface area contributed by atoms with Crippen molar-refractivity contribution in [2.24, 2.45) is 0 Å². The van der Waals surface area contributed by atoms with E-state index < -0.39 is 21.3 Å². The summed E-state index contributed by atoms with van der Waals surface area (Å²) in [5.74, 6) is -0.895. The summed E-state index contributed by atoms with van der Waals surface area (Å²) in [4.78, 5) is 49.0. The highest BCUT2D eigenvalue weighted by molar-refractivity contribution is 7.90. The highest BCUT2D eigenvalue weighted by Gasteiger charge is 2.34. The van der Waals surface area contributed by atoms with Gasteiger partial charge in [-0.15, -0.1) is 0 Å². The Morgan fingerprint density at radius 1 is 1.16 bits per heavy atom. The zero-order valence-corrected chi connectivity index (χ0v) is 25.8. The molecule has 0 bridgehead atoms. The molecule has 0 spiro atoms. The molecular weight excluding hydrogens is 601 g/mol. The van der Waals surface area contributed by atoms with Gasteiger partial charge in [0, 0.05) is 50.9 Å². The van der Waals surface area contributed by atoms with Gasteiger partial charge in [-0.2, -0.15) is 4.98 Å². The van der Waals surface area contributed by atoms with Gasteiger partial charge in [0.15, 0.2) is 21.3 Å². The highest BCUT2D eigenvalue weighted by atomic mass is 32.2. The van der Waals surface area contributed by atoms with Crippen molar-refractivity contribution in [3.8, 4) is 17.1 Å². The van der Waals surface area contributed by atoms with E-state index >= 15 is 4.39 Å². The molecule has 1 aromatic carbocycles. The van der Waals surface area contributed by atoms with Crippen LogP contribution in [-0.2, 0) is 14.6 Å². The highest BCUT2D eigenvalue weighted by Crippen LogP contribution is 2.37. The van der Waals surface area contributed by atoms with Crippen molar-refractivity contribution in [2.45, 2.75) is 23.8 Å². The molecule has 45 heavy (non-hydrogen) atoms. The number of amides is 1. The van der Waals surface area contributed by atoms with Crippen molar-refractivity contribution in [2.75, 3.05) is 56.7 Å². The smallest absolute Gasteiger partial charge is 0.355 e. The Kier molecular flexibility index (Phi) is 7.61. The van der Waals surface area contributed by atoms with Crippen LogP contribution in [0.4, 0.5) is 15.9 Å². The number of nitrogens with two attached hydrogens (primary N) is 1. The fraction of sp³-hybridized carbons (Fsp3) is 0.333. The first-order valence-electron chi connectivity index (χ1n) is 14.3. The molecule has 13 nitrogen and oxygen atoms in total. The number of nitrogens with zero attached hydrogens (tertiary/aromatic N) is 8. The average molecular weight is 634 g/mol. The Labute approximate surface area is 258 Å². The molecule has 234 valence electrons. The standard InChI is InChI=1S/C30H32FN9O4S/c1-5-24(41)38-9-10-39(17(2)13-38)28-20-11-21(31)25(26-22(32)12-33-16-34-26)35-29(20)40(30(42)36-28)27-19(18-14-37(3)15-18)7-6-8-23(27)45(4,43)44/h5-8,11-12,16-18H,1,9-10,13-15,32H2,2-4H3/t17-/m0/s1. The molecule has 2 aliphatic heterocycles. The summed E-state index contributed by atoms with van der Waals surface area (Å²) >= 11 is 0. The summed E-state index contributed by atoms with van der Waals surface area (Å²) in [5.41, 5.74) is 5.91. The number of fused-ring (bicyclic) bond motifs is 1. The molecule has 2 saturated heterocycles. The molecule has 1 amide bonds. The predicted molar refractivity (Wildman–Crippen MR) is 167 cm³/mol. The van der Waals surface area contributed by atoms with E-state index in [1.807, 2.05) is 18.9 Å². The first-order valence-corrected chi connectivity index (χ1v) is 16.2. The number of hydrogen-bond acceptors (Lipinski definition) is 11. The number of aromatic nitrogens is 5. The molecule has 4 aromatic rings. The number of pyridine rings is 1. The second-order valence-electron chi connectivity index (χ2n) is 11.5. The van der Waals surface area contributed by atoms with Gasteiger partial charge in [0.1, 0.15) is 23.5 Å². The van der Waals surface area contributed by atoms with Gasteiger partial charge in [0.05, 0.1) is 27.9 Å². The number of likely N-dealkylation sites (N-methyl/N-ethyl adjacent to an activating group) is 1. The number of piperazine rings is 1. The van der Waals surface area contributed by atoms with Gasteiger partial charge >= 0.3 is 5.69 Å². The number of sulfone groups is 1. The molecule has 2 N–H and O–H groups in total. The number of nitrogen functional groups attached to an aromatic ring is 1. The Morgan fingerprint density at radius 3 is 2.56 bits per heavy atom. The molecular formula is C30H32FN9O4S. The van der Waals surface area contributed by atoms with E-state index in [9.17, 15) is 18.0 Å². The van der Waals surface area contributed by atoms with Crippen LogP contribution in [0.3, 0.4) is 0 Å². The minimum absolute atomic E-state index is 0.0127. The van der Waals surface area contributed by atoms with E-state index in [1.165, 1.54) is 30.7 Å². The molecule has 0 radical (unpaired) electrons. The third-order valence-electron chi connectivity index (χ3n) is 8.31. The number of carbonyl (C=O) groups is 1. The normalized spacial score (nSPS) is 17.8. The molecule has 2 aliphatic rings. The topological polar surface area (TPSA) is 161 Å². The number of benzene rings is 1. The van der Waals surface area contributed by atoms with Crippen molar-refractivity contribution >= 4 is 38.3 Å². The molecule has 2 fully saturated rings. The molecule has 5 heterocycles. The van der Waals surface area contributed by atoms with Gasteiger partial charge in [-0.05, 0) is 37.7 Å². The van der Waals surface area contributed by atoms with Crippen LogP contribution in [-0.4, -0.2) is 101 Å². The molecule has 0 saturated carbocycles. The van der Waals surface area contributed by atoms with Gasteiger partial charge in [0.2, 0.25) is 5.91 Å². The lowest BCUT2D eigenvalue weighted by molar-refractivity contribution is -0.126. The number of halogens is 1.